The van der Waals surface area contributed by atoms with E-state index in [9.17, 15) is 8.42 Å². The Morgan fingerprint density at radius 3 is 2.65 bits per heavy atom. The quantitative estimate of drug-likeness (QED) is 0.829. The van der Waals surface area contributed by atoms with Gasteiger partial charge in [-0.2, -0.15) is 0 Å². The van der Waals surface area contributed by atoms with Crippen LogP contribution in [0.4, 0.5) is 5.82 Å². The van der Waals surface area contributed by atoms with Crippen molar-refractivity contribution in [1.82, 2.24) is 14.7 Å². The third-order valence-corrected chi connectivity index (χ3v) is 4.93. The zero-order valence-electron chi connectivity index (χ0n) is 14.6. The summed E-state index contributed by atoms with van der Waals surface area (Å²) in [4.78, 5) is 10.9. The Labute approximate surface area is 153 Å². The second-order valence-corrected chi connectivity index (χ2v) is 7.61. The van der Waals surface area contributed by atoms with Gasteiger partial charge in [-0.3, -0.25) is 0 Å². The topological polar surface area (TPSA) is 84.4 Å². The number of hydrogen-bond donors (Lipinski definition) is 1. The van der Waals surface area contributed by atoms with Gasteiger partial charge < -0.3 is 9.64 Å². The molecule has 138 valence electrons. The zero-order valence-corrected chi connectivity index (χ0v) is 15.4. The summed E-state index contributed by atoms with van der Waals surface area (Å²) in [5, 5.41) is 1.15. The van der Waals surface area contributed by atoms with Crippen molar-refractivity contribution in [2.75, 3.05) is 31.2 Å². The number of morpholine rings is 1. The van der Waals surface area contributed by atoms with Crippen LogP contribution in [0.15, 0.2) is 41.8 Å². The highest BCUT2D eigenvalue weighted by Crippen LogP contribution is 2.14. The molecule has 0 spiro atoms. The lowest BCUT2D eigenvalue weighted by atomic mass is 10.2. The van der Waals surface area contributed by atoms with Gasteiger partial charge in [0.05, 0.1) is 19.8 Å². The smallest absolute Gasteiger partial charge is 0.234 e. The first-order valence-electron chi connectivity index (χ1n) is 8.42. The lowest BCUT2D eigenvalue weighted by molar-refractivity contribution is 0.122. The number of ether oxygens (including phenoxy) is 1. The van der Waals surface area contributed by atoms with E-state index in [2.05, 4.69) is 19.6 Å². The molecule has 1 aliphatic rings. The molecule has 1 fully saturated rings. The number of anilines is 1. The van der Waals surface area contributed by atoms with E-state index in [-0.39, 0.29) is 6.54 Å². The molecule has 3 rings (SSSR count). The van der Waals surface area contributed by atoms with Crippen LogP contribution in [-0.2, 0) is 21.3 Å². The summed E-state index contributed by atoms with van der Waals surface area (Å²) in [6, 6.07) is 11.2. The zero-order chi connectivity index (χ0) is 18.4. The van der Waals surface area contributed by atoms with Crippen LogP contribution in [0.3, 0.4) is 0 Å². The predicted octanol–water partition coefficient (Wildman–Crippen LogP) is 1.71. The van der Waals surface area contributed by atoms with E-state index in [0.29, 0.717) is 19.0 Å². The summed E-state index contributed by atoms with van der Waals surface area (Å²) < 4.78 is 32.2. The van der Waals surface area contributed by atoms with E-state index >= 15 is 0 Å². The van der Waals surface area contributed by atoms with Crippen LogP contribution >= 0.6 is 0 Å². The average Bonchev–Trinajstić information content (AvgIpc) is 2.66. The minimum Gasteiger partial charge on any atom is -0.378 e. The second kappa shape index (κ2) is 8.39. The van der Waals surface area contributed by atoms with Gasteiger partial charge in [0.1, 0.15) is 11.6 Å². The number of nitrogens with one attached hydrogen (secondary N) is 1. The number of benzene rings is 1. The van der Waals surface area contributed by atoms with E-state index in [1.54, 1.807) is 6.08 Å². The number of sulfonamides is 1. The molecular weight excluding hydrogens is 352 g/mol. The molecule has 0 amide bonds. The van der Waals surface area contributed by atoms with Crippen molar-refractivity contribution in [1.29, 1.82) is 0 Å². The van der Waals surface area contributed by atoms with Crippen LogP contribution in [0.1, 0.15) is 17.1 Å². The highest BCUT2D eigenvalue weighted by molar-refractivity contribution is 7.92. The maximum Gasteiger partial charge on any atom is 0.234 e. The van der Waals surface area contributed by atoms with E-state index < -0.39 is 10.0 Å². The molecule has 7 nitrogen and oxygen atoms in total. The lowest BCUT2D eigenvalue weighted by Gasteiger charge is -2.28. The Bertz CT molecular complexity index is 863. The van der Waals surface area contributed by atoms with Gasteiger partial charge in [-0.25, -0.2) is 23.1 Å². The van der Waals surface area contributed by atoms with Crippen molar-refractivity contribution in [3.8, 4) is 0 Å². The van der Waals surface area contributed by atoms with E-state index in [0.717, 1.165) is 35.6 Å². The molecule has 0 atom stereocenters. The third-order valence-electron chi connectivity index (χ3n) is 3.89. The molecule has 2 aromatic rings. The molecule has 26 heavy (non-hydrogen) atoms. The fraction of sp³-hybridized carbons (Fsp3) is 0.333. The minimum absolute atomic E-state index is 0.0421. The van der Waals surface area contributed by atoms with Gasteiger partial charge in [-0.1, -0.05) is 30.3 Å². The van der Waals surface area contributed by atoms with Crippen LogP contribution in [0.25, 0.3) is 6.08 Å². The molecule has 0 saturated carbocycles. The minimum atomic E-state index is -3.57. The van der Waals surface area contributed by atoms with Gasteiger partial charge >= 0.3 is 0 Å². The number of rotatable bonds is 6. The van der Waals surface area contributed by atoms with Gasteiger partial charge in [0, 0.05) is 30.3 Å². The monoisotopic (exact) mass is 374 g/mol. The predicted molar refractivity (Wildman–Crippen MR) is 101 cm³/mol. The molecule has 8 heteroatoms. The number of nitrogens with zero attached hydrogens (tertiary/aromatic N) is 3. The molecule has 0 aliphatic carbocycles. The Kier molecular flexibility index (Phi) is 5.97. The first-order valence-corrected chi connectivity index (χ1v) is 9.96. The summed E-state index contributed by atoms with van der Waals surface area (Å²) >= 11 is 0. The molecule has 1 saturated heterocycles. The van der Waals surface area contributed by atoms with Crippen LogP contribution in [0.5, 0.6) is 0 Å². The maximum atomic E-state index is 12.2. The number of hydrogen-bond acceptors (Lipinski definition) is 6. The standard InChI is InChI=1S/C18H22N4O3S/c1-15-13-18(22-8-10-25-11-9-22)21-17(20-15)14-19-26(23,24)12-7-16-5-3-2-4-6-16/h2-7,12-13,19H,8-11,14H2,1H3/b12-7+. The van der Waals surface area contributed by atoms with Crippen molar-refractivity contribution < 1.29 is 13.2 Å². The van der Waals surface area contributed by atoms with E-state index in [1.165, 1.54) is 0 Å². The Morgan fingerprint density at radius 2 is 1.92 bits per heavy atom. The summed E-state index contributed by atoms with van der Waals surface area (Å²) in [6.07, 6.45) is 1.55. The Morgan fingerprint density at radius 1 is 1.19 bits per heavy atom. The highest BCUT2D eigenvalue weighted by Gasteiger charge is 2.15. The lowest BCUT2D eigenvalue weighted by Crippen LogP contribution is -2.37. The molecule has 1 aromatic heterocycles. The largest absolute Gasteiger partial charge is 0.378 e. The summed E-state index contributed by atoms with van der Waals surface area (Å²) in [5.74, 6) is 1.25. The van der Waals surface area contributed by atoms with Gasteiger partial charge in [-0.05, 0) is 18.6 Å². The van der Waals surface area contributed by atoms with Gasteiger partial charge in [0.2, 0.25) is 10.0 Å². The molecule has 0 radical (unpaired) electrons. The van der Waals surface area contributed by atoms with Crippen molar-refractivity contribution in [3.05, 3.63) is 58.9 Å². The summed E-state index contributed by atoms with van der Waals surface area (Å²) in [6.45, 7) is 4.77. The van der Waals surface area contributed by atoms with E-state index in [1.807, 2.05) is 43.3 Å². The fourth-order valence-corrected chi connectivity index (χ4v) is 3.35. The molecule has 0 unspecified atom stereocenters. The highest BCUT2D eigenvalue weighted by atomic mass is 32.2. The number of aryl methyl sites for hydroxylation is 1. The molecule has 1 aromatic carbocycles. The first kappa shape index (κ1) is 18.5. The summed E-state index contributed by atoms with van der Waals surface area (Å²) in [7, 11) is -3.57. The molecule has 2 heterocycles. The van der Waals surface area contributed by atoms with Crippen molar-refractivity contribution in [2.24, 2.45) is 0 Å². The first-order chi connectivity index (χ1) is 12.5. The molecular formula is C18H22N4O3S. The van der Waals surface area contributed by atoms with Crippen molar-refractivity contribution in [3.63, 3.8) is 0 Å². The Balaban J connectivity index is 1.66. The maximum absolute atomic E-state index is 12.2. The number of aromatic nitrogens is 2. The molecule has 1 aliphatic heterocycles. The van der Waals surface area contributed by atoms with Gasteiger partial charge in [0.15, 0.2) is 0 Å². The Hall–Kier alpha value is -2.29. The average molecular weight is 374 g/mol. The molecule has 0 bridgehead atoms. The van der Waals surface area contributed by atoms with Gasteiger partial charge in [-0.15, -0.1) is 0 Å². The SMILES string of the molecule is Cc1cc(N2CCOCC2)nc(CNS(=O)(=O)/C=C/c2ccccc2)n1. The van der Waals surface area contributed by atoms with Crippen molar-refractivity contribution >= 4 is 21.9 Å². The normalized spacial score (nSPS) is 15.5. The second-order valence-electron chi connectivity index (χ2n) is 5.96. The van der Waals surface area contributed by atoms with E-state index in [4.69, 9.17) is 4.74 Å². The third kappa shape index (κ3) is 5.35. The fourth-order valence-electron chi connectivity index (χ4n) is 2.59. The van der Waals surface area contributed by atoms with Crippen LogP contribution in [0.2, 0.25) is 0 Å². The van der Waals surface area contributed by atoms with Gasteiger partial charge in [0.25, 0.3) is 0 Å². The van der Waals surface area contributed by atoms with Crippen LogP contribution in [-0.4, -0.2) is 44.7 Å². The van der Waals surface area contributed by atoms with Crippen LogP contribution in [0, 0.1) is 6.92 Å². The van der Waals surface area contributed by atoms with Crippen LogP contribution < -0.4 is 9.62 Å². The van der Waals surface area contributed by atoms with Crippen molar-refractivity contribution in [2.45, 2.75) is 13.5 Å². The summed E-state index contributed by atoms with van der Waals surface area (Å²) in [5.41, 5.74) is 1.62. The molecule has 1 N–H and O–H groups in total.